The number of benzene rings is 1. The summed E-state index contributed by atoms with van der Waals surface area (Å²) < 4.78 is 11.3. The van der Waals surface area contributed by atoms with Crippen LogP contribution < -0.4 is 9.47 Å². The fourth-order valence-electron chi connectivity index (χ4n) is 1.86. The Kier molecular flexibility index (Phi) is 7.75. The van der Waals surface area contributed by atoms with Crippen molar-refractivity contribution in [1.29, 1.82) is 0 Å². The highest BCUT2D eigenvalue weighted by Gasteiger charge is 2.10. The Labute approximate surface area is 115 Å². The summed E-state index contributed by atoms with van der Waals surface area (Å²) >= 11 is 0. The molecular formula is C16H24O3. The van der Waals surface area contributed by atoms with E-state index < -0.39 is 0 Å². The molecule has 0 unspecified atom stereocenters. The summed E-state index contributed by atoms with van der Waals surface area (Å²) in [6, 6.07) is 5.60. The Morgan fingerprint density at radius 1 is 1.21 bits per heavy atom. The smallest absolute Gasteiger partial charge is 0.166 e. The molecule has 106 valence electrons. The molecule has 0 saturated carbocycles. The predicted molar refractivity (Wildman–Crippen MR) is 77.7 cm³/mol. The fraction of sp³-hybridized carbons (Fsp3) is 0.500. The zero-order valence-corrected chi connectivity index (χ0v) is 11.7. The number of hydrogen-bond acceptors (Lipinski definition) is 3. The van der Waals surface area contributed by atoms with Crippen LogP contribution in [0.25, 0.3) is 0 Å². The van der Waals surface area contributed by atoms with Crippen molar-refractivity contribution in [3.63, 3.8) is 0 Å². The van der Waals surface area contributed by atoms with Crippen molar-refractivity contribution in [3.05, 3.63) is 36.4 Å². The van der Waals surface area contributed by atoms with E-state index in [1.54, 1.807) is 0 Å². The van der Waals surface area contributed by atoms with Gasteiger partial charge in [-0.2, -0.15) is 0 Å². The molecule has 3 heteroatoms. The van der Waals surface area contributed by atoms with Gasteiger partial charge in [-0.3, -0.25) is 0 Å². The van der Waals surface area contributed by atoms with E-state index in [2.05, 4.69) is 6.58 Å². The molecule has 1 rings (SSSR count). The molecule has 0 radical (unpaired) electrons. The third-order valence-corrected chi connectivity index (χ3v) is 2.83. The number of unbranched alkanes of at least 4 members (excludes halogenated alkanes) is 3. The molecule has 0 spiro atoms. The lowest BCUT2D eigenvalue weighted by Gasteiger charge is -2.14. The quantitative estimate of drug-likeness (QED) is 0.517. The topological polar surface area (TPSA) is 38.7 Å². The van der Waals surface area contributed by atoms with Gasteiger partial charge in [-0.25, -0.2) is 0 Å². The summed E-state index contributed by atoms with van der Waals surface area (Å²) in [7, 11) is 0. The van der Waals surface area contributed by atoms with Gasteiger partial charge in [0, 0.05) is 5.56 Å². The molecule has 0 aliphatic heterocycles. The minimum absolute atomic E-state index is 0.0350. The van der Waals surface area contributed by atoms with E-state index in [9.17, 15) is 5.11 Å². The molecule has 3 nitrogen and oxygen atoms in total. The van der Waals surface area contributed by atoms with Crippen LogP contribution in [0, 0.1) is 0 Å². The van der Waals surface area contributed by atoms with Crippen molar-refractivity contribution in [2.24, 2.45) is 0 Å². The van der Waals surface area contributed by atoms with Gasteiger partial charge in [0.05, 0.1) is 19.8 Å². The lowest BCUT2D eigenvalue weighted by Crippen LogP contribution is -2.04. The van der Waals surface area contributed by atoms with E-state index >= 15 is 0 Å². The molecule has 19 heavy (non-hydrogen) atoms. The van der Waals surface area contributed by atoms with E-state index in [4.69, 9.17) is 9.47 Å². The Hall–Kier alpha value is -1.48. The van der Waals surface area contributed by atoms with Crippen molar-refractivity contribution in [3.8, 4) is 11.5 Å². The van der Waals surface area contributed by atoms with Gasteiger partial charge >= 0.3 is 0 Å². The lowest BCUT2D eigenvalue weighted by molar-refractivity contribution is 0.245. The monoisotopic (exact) mass is 264 g/mol. The largest absolute Gasteiger partial charge is 0.490 e. The molecular weight excluding hydrogens is 240 g/mol. The van der Waals surface area contributed by atoms with Gasteiger partial charge in [-0.15, -0.1) is 6.58 Å². The minimum atomic E-state index is -0.0350. The zero-order chi connectivity index (χ0) is 13.9. The summed E-state index contributed by atoms with van der Waals surface area (Å²) in [5.74, 6) is 1.38. The van der Waals surface area contributed by atoms with E-state index in [1.807, 2.05) is 31.2 Å². The Bertz CT molecular complexity index is 374. The molecule has 0 aliphatic rings. The predicted octanol–water partition coefficient (Wildman–Crippen LogP) is 3.70. The molecule has 0 amide bonds. The van der Waals surface area contributed by atoms with E-state index in [0.29, 0.717) is 24.7 Å². The van der Waals surface area contributed by atoms with Gasteiger partial charge < -0.3 is 14.6 Å². The summed E-state index contributed by atoms with van der Waals surface area (Å²) in [5, 5.41) is 9.34. The minimum Gasteiger partial charge on any atom is -0.490 e. The van der Waals surface area contributed by atoms with Crippen LogP contribution in [0.1, 0.15) is 38.2 Å². The van der Waals surface area contributed by atoms with Crippen LogP contribution in [0.4, 0.5) is 0 Å². The molecule has 0 aromatic heterocycles. The number of aliphatic hydroxyl groups is 1. The van der Waals surface area contributed by atoms with Crippen LogP contribution in [0.15, 0.2) is 30.9 Å². The van der Waals surface area contributed by atoms with Crippen molar-refractivity contribution < 1.29 is 14.6 Å². The van der Waals surface area contributed by atoms with Crippen LogP contribution >= 0.6 is 0 Å². The summed E-state index contributed by atoms with van der Waals surface area (Å²) in [5.41, 5.74) is 0.775. The van der Waals surface area contributed by atoms with Gasteiger partial charge in [0.2, 0.25) is 0 Å². The van der Waals surface area contributed by atoms with Gasteiger partial charge in [-0.1, -0.05) is 18.2 Å². The highest BCUT2D eigenvalue weighted by molar-refractivity contribution is 5.46. The molecule has 1 N–H and O–H groups in total. The molecule has 0 bridgehead atoms. The third kappa shape index (κ3) is 5.35. The summed E-state index contributed by atoms with van der Waals surface area (Å²) in [6.07, 6.45) is 6.26. The number of aliphatic hydroxyl groups excluding tert-OH is 1. The molecule has 0 aliphatic carbocycles. The van der Waals surface area contributed by atoms with Crippen LogP contribution in [0.5, 0.6) is 11.5 Å². The first kappa shape index (κ1) is 15.6. The maximum Gasteiger partial charge on any atom is 0.166 e. The second-order valence-corrected chi connectivity index (χ2v) is 4.32. The fourth-order valence-corrected chi connectivity index (χ4v) is 1.86. The van der Waals surface area contributed by atoms with E-state index in [-0.39, 0.29) is 6.61 Å². The highest BCUT2D eigenvalue weighted by atomic mass is 16.5. The Balaban J connectivity index is 2.52. The zero-order valence-electron chi connectivity index (χ0n) is 11.7. The average Bonchev–Trinajstić information content (AvgIpc) is 2.44. The first-order chi connectivity index (χ1) is 9.33. The van der Waals surface area contributed by atoms with Crippen LogP contribution in [0.3, 0.4) is 0 Å². The summed E-state index contributed by atoms with van der Waals surface area (Å²) in [6.45, 7) is 6.84. The van der Waals surface area contributed by atoms with Crippen molar-refractivity contribution in [1.82, 2.24) is 0 Å². The average molecular weight is 264 g/mol. The van der Waals surface area contributed by atoms with Gasteiger partial charge in [0.15, 0.2) is 11.5 Å². The van der Waals surface area contributed by atoms with Gasteiger partial charge in [-0.05, 0) is 38.7 Å². The summed E-state index contributed by atoms with van der Waals surface area (Å²) in [4.78, 5) is 0. The number of ether oxygens (including phenoxy) is 2. The molecule has 0 atom stereocenters. The third-order valence-electron chi connectivity index (χ3n) is 2.83. The van der Waals surface area contributed by atoms with E-state index in [0.717, 1.165) is 31.2 Å². The van der Waals surface area contributed by atoms with Crippen LogP contribution in [-0.4, -0.2) is 18.3 Å². The standard InChI is InChI=1S/C16H24O3/c1-3-5-6-7-8-12-19-16-14(13-17)10-9-11-15(16)18-4-2/h3,9-11,17H,1,4-8,12-13H2,2H3. The second-order valence-electron chi connectivity index (χ2n) is 4.32. The molecule has 1 aromatic carbocycles. The first-order valence-electron chi connectivity index (χ1n) is 6.92. The Morgan fingerprint density at radius 3 is 2.74 bits per heavy atom. The normalized spacial score (nSPS) is 10.2. The first-order valence-corrected chi connectivity index (χ1v) is 6.92. The Morgan fingerprint density at radius 2 is 2.05 bits per heavy atom. The van der Waals surface area contributed by atoms with Crippen molar-refractivity contribution in [2.45, 2.75) is 39.2 Å². The number of para-hydroxylation sites is 1. The van der Waals surface area contributed by atoms with Crippen molar-refractivity contribution in [2.75, 3.05) is 13.2 Å². The molecule has 0 saturated heterocycles. The highest BCUT2D eigenvalue weighted by Crippen LogP contribution is 2.31. The van der Waals surface area contributed by atoms with Crippen LogP contribution in [-0.2, 0) is 6.61 Å². The van der Waals surface area contributed by atoms with Gasteiger partial charge in [0.25, 0.3) is 0 Å². The lowest BCUT2D eigenvalue weighted by atomic mass is 10.2. The molecule has 0 fully saturated rings. The second kappa shape index (κ2) is 9.45. The molecule has 1 aromatic rings. The van der Waals surface area contributed by atoms with Crippen LogP contribution in [0.2, 0.25) is 0 Å². The van der Waals surface area contributed by atoms with E-state index in [1.165, 1.54) is 0 Å². The number of rotatable bonds is 10. The maximum atomic E-state index is 9.34. The maximum absolute atomic E-state index is 9.34. The SMILES string of the molecule is C=CCCCCCOc1c(CO)cccc1OCC. The molecule has 0 heterocycles. The van der Waals surface area contributed by atoms with Gasteiger partial charge in [0.1, 0.15) is 0 Å². The van der Waals surface area contributed by atoms with Crippen molar-refractivity contribution >= 4 is 0 Å². The number of hydrogen-bond donors (Lipinski definition) is 1. The number of allylic oxidation sites excluding steroid dienone is 1.